The van der Waals surface area contributed by atoms with Gasteiger partial charge in [-0.1, -0.05) is 44.2 Å². The number of nitrogens with zero attached hydrogens (tertiary/aromatic N) is 1. The van der Waals surface area contributed by atoms with E-state index in [1.807, 2.05) is 36.4 Å². The number of aromatic nitrogens is 1. The van der Waals surface area contributed by atoms with Gasteiger partial charge in [0.15, 0.2) is 0 Å². The molecule has 1 N–H and O–H groups in total. The number of halogens is 1. The molecular weight excluding hydrogens is 329 g/mol. The van der Waals surface area contributed by atoms with Crippen LogP contribution in [0.2, 0.25) is 0 Å². The Balaban J connectivity index is 2.05. The normalized spacial score (nSPS) is 12.5. The van der Waals surface area contributed by atoms with Crippen molar-refractivity contribution in [3.8, 4) is 17.1 Å². The molecule has 0 bridgehead atoms. The number of fused-ring (bicyclic) bond motifs is 1. The van der Waals surface area contributed by atoms with E-state index in [4.69, 9.17) is 4.74 Å². The van der Waals surface area contributed by atoms with Gasteiger partial charge in [0, 0.05) is 23.1 Å². The van der Waals surface area contributed by atoms with E-state index >= 15 is 0 Å². The van der Waals surface area contributed by atoms with Crippen molar-refractivity contribution in [3.05, 3.63) is 59.9 Å². The van der Waals surface area contributed by atoms with Gasteiger partial charge in [-0.2, -0.15) is 0 Å². The average molecular weight is 353 g/mol. The van der Waals surface area contributed by atoms with E-state index in [1.165, 1.54) is 6.07 Å². The molecule has 26 heavy (non-hydrogen) atoms. The van der Waals surface area contributed by atoms with E-state index in [0.29, 0.717) is 23.6 Å². The van der Waals surface area contributed by atoms with Crippen LogP contribution in [0.15, 0.2) is 48.5 Å². The van der Waals surface area contributed by atoms with Gasteiger partial charge in [-0.05, 0) is 41.8 Å². The first kappa shape index (κ1) is 18.3. The molecule has 1 unspecified atom stereocenters. The third kappa shape index (κ3) is 3.56. The average Bonchev–Trinajstić information content (AvgIpc) is 2.65. The van der Waals surface area contributed by atoms with Crippen molar-refractivity contribution < 1.29 is 14.2 Å². The molecule has 3 rings (SSSR count). The molecule has 0 fully saturated rings. The molecular formula is C22H24FNO2. The molecule has 0 saturated carbocycles. The number of aliphatic hydroxyl groups is 1. The molecule has 136 valence electrons. The lowest BCUT2D eigenvalue weighted by atomic mass is 9.86. The first-order valence-corrected chi connectivity index (χ1v) is 8.89. The predicted octanol–water partition coefficient (Wildman–Crippen LogP) is 5.17. The summed E-state index contributed by atoms with van der Waals surface area (Å²) in [5.41, 5.74) is 2.57. The minimum Gasteiger partial charge on any atom is -0.481 e. The molecule has 0 aliphatic heterocycles. The molecule has 4 heteroatoms. The highest BCUT2D eigenvalue weighted by Gasteiger charge is 2.21. The lowest BCUT2D eigenvalue weighted by Crippen LogP contribution is -2.11. The van der Waals surface area contributed by atoms with Crippen molar-refractivity contribution in [2.24, 2.45) is 5.92 Å². The summed E-state index contributed by atoms with van der Waals surface area (Å²) < 4.78 is 19.6. The number of aliphatic hydroxyl groups excluding tert-OH is 1. The van der Waals surface area contributed by atoms with Gasteiger partial charge in [0.05, 0.1) is 12.8 Å². The van der Waals surface area contributed by atoms with Gasteiger partial charge in [-0.3, -0.25) is 0 Å². The summed E-state index contributed by atoms with van der Waals surface area (Å²) in [6, 6.07) is 14.7. The highest BCUT2D eigenvalue weighted by Crippen LogP contribution is 2.35. The smallest absolute Gasteiger partial charge is 0.217 e. The fourth-order valence-electron chi connectivity index (χ4n) is 3.44. The van der Waals surface area contributed by atoms with Crippen molar-refractivity contribution >= 4 is 10.8 Å². The number of pyridine rings is 1. The van der Waals surface area contributed by atoms with Crippen LogP contribution < -0.4 is 4.74 Å². The van der Waals surface area contributed by atoms with Gasteiger partial charge < -0.3 is 9.84 Å². The van der Waals surface area contributed by atoms with Crippen LogP contribution >= 0.6 is 0 Å². The minimum atomic E-state index is -0.240. The van der Waals surface area contributed by atoms with Crippen molar-refractivity contribution in [3.63, 3.8) is 0 Å². The molecule has 1 heterocycles. The lowest BCUT2D eigenvalue weighted by Gasteiger charge is -2.22. The zero-order chi connectivity index (χ0) is 18.7. The van der Waals surface area contributed by atoms with Crippen molar-refractivity contribution in [2.75, 3.05) is 13.7 Å². The van der Waals surface area contributed by atoms with E-state index in [1.54, 1.807) is 13.2 Å². The summed E-state index contributed by atoms with van der Waals surface area (Å²) in [4.78, 5) is 4.66. The summed E-state index contributed by atoms with van der Waals surface area (Å²) in [5, 5.41) is 10.8. The standard InChI is InChI=1S/C22H24FNO2/c1-14(2)17(11-12-25)18-9-10-21(24-22(18)26-3)16-8-7-15-5-4-6-20(23)19(15)13-16/h4-10,13-14,17,25H,11-12H2,1-3H3. The van der Waals surface area contributed by atoms with Crippen LogP contribution in [-0.2, 0) is 0 Å². The summed E-state index contributed by atoms with van der Waals surface area (Å²) >= 11 is 0. The van der Waals surface area contributed by atoms with E-state index < -0.39 is 0 Å². The Kier molecular flexibility index (Phi) is 5.52. The third-order valence-electron chi connectivity index (χ3n) is 4.85. The molecule has 0 saturated heterocycles. The number of hydrogen-bond donors (Lipinski definition) is 1. The largest absolute Gasteiger partial charge is 0.481 e. The number of hydrogen-bond acceptors (Lipinski definition) is 3. The van der Waals surface area contributed by atoms with Crippen LogP contribution in [0.1, 0.15) is 31.7 Å². The molecule has 0 radical (unpaired) electrons. The van der Waals surface area contributed by atoms with Crippen LogP contribution in [0, 0.1) is 11.7 Å². The Bertz CT molecular complexity index is 908. The van der Waals surface area contributed by atoms with E-state index in [0.717, 1.165) is 22.2 Å². The highest BCUT2D eigenvalue weighted by molar-refractivity contribution is 5.87. The fraction of sp³-hybridized carbons (Fsp3) is 0.318. The van der Waals surface area contributed by atoms with Crippen molar-refractivity contribution in [1.29, 1.82) is 0 Å². The maximum absolute atomic E-state index is 14.1. The third-order valence-corrected chi connectivity index (χ3v) is 4.85. The topological polar surface area (TPSA) is 42.4 Å². The summed E-state index contributed by atoms with van der Waals surface area (Å²) in [5.74, 6) is 0.850. The summed E-state index contributed by atoms with van der Waals surface area (Å²) in [6.07, 6.45) is 0.663. The van der Waals surface area contributed by atoms with Crippen molar-refractivity contribution in [1.82, 2.24) is 4.98 Å². The summed E-state index contributed by atoms with van der Waals surface area (Å²) in [6.45, 7) is 4.37. The first-order valence-electron chi connectivity index (χ1n) is 8.89. The highest BCUT2D eigenvalue weighted by atomic mass is 19.1. The Labute approximate surface area is 153 Å². The molecule has 1 aromatic heterocycles. The lowest BCUT2D eigenvalue weighted by molar-refractivity contribution is 0.258. The minimum absolute atomic E-state index is 0.123. The monoisotopic (exact) mass is 353 g/mol. The molecule has 2 aromatic carbocycles. The van der Waals surface area contributed by atoms with Gasteiger partial charge in [-0.15, -0.1) is 0 Å². The van der Waals surface area contributed by atoms with E-state index in [2.05, 4.69) is 18.8 Å². The number of rotatable bonds is 6. The predicted molar refractivity (Wildman–Crippen MR) is 103 cm³/mol. The van der Waals surface area contributed by atoms with Crippen LogP contribution in [0.4, 0.5) is 4.39 Å². The molecule has 0 spiro atoms. The first-order chi connectivity index (χ1) is 12.5. The van der Waals surface area contributed by atoms with Gasteiger partial charge in [0.1, 0.15) is 5.82 Å². The van der Waals surface area contributed by atoms with E-state index in [9.17, 15) is 9.50 Å². The molecule has 0 aliphatic rings. The molecule has 3 aromatic rings. The zero-order valence-electron chi connectivity index (χ0n) is 15.4. The number of benzene rings is 2. The van der Waals surface area contributed by atoms with Gasteiger partial charge >= 0.3 is 0 Å². The Hall–Kier alpha value is -2.46. The van der Waals surface area contributed by atoms with Crippen LogP contribution in [-0.4, -0.2) is 23.8 Å². The maximum Gasteiger partial charge on any atom is 0.217 e. The quantitative estimate of drug-likeness (QED) is 0.665. The second kappa shape index (κ2) is 7.83. The second-order valence-corrected chi connectivity index (χ2v) is 6.83. The molecule has 0 amide bonds. The van der Waals surface area contributed by atoms with Crippen LogP contribution in [0.5, 0.6) is 5.88 Å². The van der Waals surface area contributed by atoms with Crippen LogP contribution in [0.3, 0.4) is 0 Å². The molecule has 1 atom stereocenters. The van der Waals surface area contributed by atoms with Gasteiger partial charge in [0.2, 0.25) is 5.88 Å². The Morgan fingerprint density at radius 2 is 1.92 bits per heavy atom. The van der Waals surface area contributed by atoms with Gasteiger partial charge in [0.25, 0.3) is 0 Å². The molecule has 0 aliphatic carbocycles. The van der Waals surface area contributed by atoms with Gasteiger partial charge in [-0.25, -0.2) is 9.37 Å². The Morgan fingerprint density at radius 1 is 1.12 bits per heavy atom. The van der Waals surface area contributed by atoms with Crippen molar-refractivity contribution in [2.45, 2.75) is 26.2 Å². The maximum atomic E-state index is 14.1. The van der Waals surface area contributed by atoms with E-state index in [-0.39, 0.29) is 18.3 Å². The SMILES string of the molecule is COc1nc(-c2ccc3cccc(F)c3c2)ccc1C(CCO)C(C)C. The number of methoxy groups -OCH3 is 1. The number of ether oxygens (including phenoxy) is 1. The second-order valence-electron chi connectivity index (χ2n) is 6.83. The zero-order valence-corrected chi connectivity index (χ0v) is 15.4. The summed E-state index contributed by atoms with van der Waals surface area (Å²) in [7, 11) is 1.60. The molecule has 3 nitrogen and oxygen atoms in total. The fourth-order valence-corrected chi connectivity index (χ4v) is 3.44. The Morgan fingerprint density at radius 3 is 2.62 bits per heavy atom. The van der Waals surface area contributed by atoms with Crippen LogP contribution in [0.25, 0.3) is 22.0 Å².